The summed E-state index contributed by atoms with van der Waals surface area (Å²) < 4.78 is 13.3. The van der Waals surface area contributed by atoms with Gasteiger partial charge in [-0.3, -0.25) is 29.1 Å². The molecule has 2 aromatic heterocycles. The monoisotopic (exact) mass is 638 g/mol. The Morgan fingerprint density at radius 3 is 1.62 bits per heavy atom. The van der Waals surface area contributed by atoms with E-state index in [0.717, 1.165) is 27.8 Å². The van der Waals surface area contributed by atoms with E-state index in [0.29, 0.717) is 35.1 Å². The molecule has 5 aromatic rings. The van der Waals surface area contributed by atoms with Crippen molar-refractivity contribution in [2.45, 2.75) is 73.8 Å². The molecule has 0 amide bonds. The molecular formula is C37H42N4O6. The Kier molecular flexibility index (Phi) is 10.9. The SMILES string of the molecule is Cc1cc(C)cc(Oc2[nH]c(=O)[nH]c(=O)c2C(C)C)c1.Cc1cc(C)cc(Oc2c(C(C)C)c(=O)[nH]c(=O)n2Cc2ccccc2)c1. The molecule has 10 nitrogen and oxygen atoms in total. The lowest BCUT2D eigenvalue weighted by Crippen LogP contribution is -2.34. The molecule has 0 atom stereocenters. The second-order valence-electron chi connectivity index (χ2n) is 12.4. The predicted molar refractivity (Wildman–Crippen MR) is 185 cm³/mol. The van der Waals surface area contributed by atoms with Crippen molar-refractivity contribution < 1.29 is 9.47 Å². The lowest BCUT2D eigenvalue weighted by molar-refractivity contribution is 0.410. The van der Waals surface area contributed by atoms with Crippen molar-refractivity contribution in [1.29, 1.82) is 0 Å². The van der Waals surface area contributed by atoms with Crippen molar-refractivity contribution in [2.75, 3.05) is 0 Å². The third-order valence-electron chi connectivity index (χ3n) is 7.29. The zero-order valence-electron chi connectivity index (χ0n) is 28.1. The summed E-state index contributed by atoms with van der Waals surface area (Å²) in [6.45, 7) is 15.8. The number of H-pyrrole nitrogens is 3. The fraction of sp³-hybridized carbons (Fsp3) is 0.297. The molecule has 0 aliphatic carbocycles. The van der Waals surface area contributed by atoms with Crippen LogP contribution in [0, 0.1) is 27.7 Å². The number of benzene rings is 3. The zero-order valence-corrected chi connectivity index (χ0v) is 28.1. The average molecular weight is 639 g/mol. The summed E-state index contributed by atoms with van der Waals surface area (Å²) in [6.07, 6.45) is 0. The van der Waals surface area contributed by atoms with Gasteiger partial charge in [-0.2, -0.15) is 0 Å². The standard InChI is InChI=1S/C22H24N2O3.C15H18N2O3/c1-14(2)19-20(25)23-22(26)24(13-17-8-6-5-7-9-17)21(19)27-18-11-15(3)10-16(4)12-18;1-8(2)12-13(18)16-15(19)17-14(12)20-11-6-9(3)5-10(4)7-11/h5-12,14H,13H2,1-4H3,(H,23,25,26);5-8H,1-4H3,(H2,16,17,18,19). The Morgan fingerprint density at radius 1 is 0.617 bits per heavy atom. The topological polar surface area (TPSA) is 139 Å². The Bertz CT molecular complexity index is 2060. The van der Waals surface area contributed by atoms with E-state index in [1.54, 1.807) is 0 Å². The number of aromatic amines is 3. The van der Waals surface area contributed by atoms with Crippen molar-refractivity contribution in [3.05, 3.63) is 147 Å². The van der Waals surface area contributed by atoms with E-state index in [-0.39, 0.29) is 17.7 Å². The van der Waals surface area contributed by atoms with Crippen LogP contribution in [0.4, 0.5) is 0 Å². The van der Waals surface area contributed by atoms with Crippen LogP contribution in [-0.2, 0) is 6.54 Å². The van der Waals surface area contributed by atoms with Gasteiger partial charge < -0.3 is 9.47 Å². The zero-order chi connectivity index (χ0) is 34.4. The van der Waals surface area contributed by atoms with Crippen LogP contribution in [0.1, 0.15) is 78.5 Å². The maximum atomic E-state index is 12.6. The number of aromatic nitrogens is 4. The number of nitrogens with zero attached hydrogens (tertiary/aromatic N) is 1. The van der Waals surface area contributed by atoms with Gasteiger partial charge in [-0.05, 0) is 91.6 Å². The molecule has 2 heterocycles. The Morgan fingerprint density at radius 2 is 1.11 bits per heavy atom. The minimum Gasteiger partial charge on any atom is -0.440 e. The molecule has 0 spiro atoms. The first-order chi connectivity index (χ1) is 22.2. The molecule has 3 aromatic carbocycles. The minimum atomic E-state index is -0.571. The summed E-state index contributed by atoms with van der Waals surface area (Å²) in [7, 11) is 0. The van der Waals surface area contributed by atoms with Crippen LogP contribution in [0.3, 0.4) is 0 Å². The van der Waals surface area contributed by atoms with Gasteiger partial charge in [0.05, 0.1) is 17.7 Å². The summed E-state index contributed by atoms with van der Waals surface area (Å²) in [4.78, 5) is 55.6. The van der Waals surface area contributed by atoms with Crippen molar-refractivity contribution in [3.8, 4) is 23.3 Å². The highest BCUT2D eigenvalue weighted by Crippen LogP contribution is 2.29. The maximum absolute atomic E-state index is 12.6. The molecule has 3 N–H and O–H groups in total. The molecule has 246 valence electrons. The molecule has 0 saturated heterocycles. The molecule has 0 bridgehead atoms. The van der Waals surface area contributed by atoms with E-state index in [2.05, 4.69) is 15.0 Å². The van der Waals surface area contributed by atoms with Gasteiger partial charge in [0.15, 0.2) is 0 Å². The van der Waals surface area contributed by atoms with Crippen LogP contribution in [0.15, 0.2) is 85.9 Å². The Balaban J connectivity index is 0.000000223. The highest BCUT2D eigenvalue weighted by Gasteiger charge is 2.20. The first-order valence-electron chi connectivity index (χ1n) is 15.5. The van der Waals surface area contributed by atoms with Gasteiger partial charge in [0.2, 0.25) is 11.8 Å². The van der Waals surface area contributed by atoms with Gasteiger partial charge in [-0.1, -0.05) is 70.2 Å². The molecule has 0 fully saturated rings. The summed E-state index contributed by atoms with van der Waals surface area (Å²) >= 11 is 0. The van der Waals surface area contributed by atoms with Crippen molar-refractivity contribution in [2.24, 2.45) is 0 Å². The van der Waals surface area contributed by atoms with Gasteiger partial charge in [-0.15, -0.1) is 0 Å². The van der Waals surface area contributed by atoms with Crippen LogP contribution >= 0.6 is 0 Å². The number of ether oxygens (including phenoxy) is 2. The fourth-order valence-electron chi connectivity index (χ4n) is 5.39. The smallest absolute Gasteiger partial charge is 0.331 e. The van der Waals surface area contributed by atoms with Crippen molar-refractivity contribution >= 4 is 0 Å². The number of hydrogen-bond donors (Lipinski definition) is 3. The largest absolute Gasteiger partial charge is 0.440 e. The van der Waals surface area contributed by atoms with E-state index in [1.807, 2.05) is 122 Å². The normalized spacial score (nSPS) is 10.9. The number of aryl methyl sites for hydroxylation is 4. The second-order valence-corrected chi connectivity index (χ2v) is 12.4. The van der Waals surface area contributed by atoms with Crippen LogP contribution in [0.5, 0.6) is 23.3 Å². The molecular weight excluding hydrogens is 596 g/mol. The summed E-state index contributed by atoms with van der Waals surface area (Å²) in [6, 6.07) is 21.2. The van der Waals surface area contributed by atoms with Gasteiger partial charge in [0, 0.05) is 0 Å². The highest BCUT2D eigenvalue weighted by atomic mass is 16.5. The first kappa shape index (κ1) is 34.5. The van der Waals surface area contributed by atoms with Gasteiger partial charge in [0.25, 0.3) is 11.1 Å². The van der Waals surface area contributed by atoms with Crippen molar-refractivity contribution in [3.63, 3.8) is 0 Å². The van der Waals surface area contributed by atoms with E-state index in [4.69, 9.17) is 9.47 Å². The molecule has 0 aliphatic rings. The van der Waals surface area contributed by atoms with Crippen molar-refractivity contribution in [1.82, 2.24) is 19.5 Å². The third-order valence-corrected chi connectivity index (χ3v) is 7.29. The van der Waals surface area contributed by atoms with Crippen LogP contribution in [-0.4, -0.2) is 19.5 Å². The molecule has 47 heavy (non-hydrogen) atoms. The molecule has 0 unspecified atom stereocenters. The minimum absolute atomic E-state index is 0.0588. The van der Waals surface area contributed by atoms with Crippen LogP contribution in [0.2, 0.25) is 0 Å². The summed E-state index contributed by atoms with van der Waals surface area (Å²) in [5.74, 6) is 1.56. The van der Waals surface area contributed by atoms with E-state index >= 15 is 0 Å². The molecule has 10 heteroatoms. The molecule has 5 rings (SSSR count). The quantitative estimate of drug-likeness (QED) is 0.173. The Labute approximate surface area is 273 Å². The Hall–Kier alpha value is -5.38. The van der Waals surface area contributed by atoms with Gasteiger partial charge in [0.1, 0.15) is 11.5 Å². The maximum Gasteiger partial charge on any atom is 0.331 e. The number of nitrogens with one attached hydrogen (secondary N) is 3. The van der Waals surface area contributed by atoms with E-state index < -0.39 is 22.5 Å². The van der Waals surface area contributed by atoms with E-state index in [1.165, 1.54) is 4.57 Å². The lowest BCUT2D eigenvalue weighted by Gasteiger charge is -2.19. The molecule has 0 aliphatic heterocycles. The third kappa shape index (κ3) is 8.88. The molecule has 0 radical (unpaired) electrons. The van der Waals surface area contributed by atoms with E-state index in [9.17, 15) is 19.2 Å². The average Bonchev–Trinajstić information content (AvgIpc) is 2.94. The summed E-state index contributed by atoms with van der Waals surface area (Å²) in [5.41, 5.74) is 4.20. The lowest BCUT2D eigenvalue weighted by atomic mass is 10.1. The first-order valence-corrected chi connectivity index (χ1v) is 15.5. The van der Waals surface area contributed by atoms with Crippen LogP contribution < -0.4 is 32.0 Å². The van der Waals surface area contributed by atoms with Gasteiger partial charge in [-0.25, -0.2) is 9.59 Å². The highest BCUT2D eigenvalue weighted by molar-refractivity contribution is 5.39. The predicted octanol–water partition coefficient (Wildman–Crippen LogP) is 6.71. The number of rotatable bonds is 8. The fourth-order valence-corrected chi connectivity index (χ4v) is 5.39. The van der Waals surface area contributed by atoms with Gasteiger partial charge >= 0.3 is 11.4 Å². The second kappa shape index (κ2) is 14.8. The number of hydrogen-bond acceptors (Lipinski definition) is 6. The summed E-state index contributed by atoms with van der Waals surface area (Å²) in [5, 5.41) is 0. The molecule has 0 saturated carbocycles. The van der Waals surface area contributed by atoms with Crippen LogP contribution in [0.25, 0.3) is 0 Å².